The number of ether oxygens (including phenoxy) is 2. The van der Waals surface area contributed by atoms with Crippen molar-refractivity contribution in [2.24, 2.45) is 0 Å². The Morgan fingerprint density at radius 3 is 2.88 bits per heavy atom. The summed E-state index contributed by atoms with van der Waals surface area (Å²) in [5, 5.41) is 6.96. The maximum absolute atomic E-state index is 5.97. The number of hydrogen-bond donors (Lipinski definition) is 2. The van der Waals surface area contributed by atoms with Gasteiger partial charge < -0.3 is 20.1 Å². The first-order valence-electron chi connectivity index (χ1n) is 9.34. The lowest BCUT2D eigenvalue weighted by Crippen LogP contribution is -2.34. The topological polar surface area (TPSA) is 68.3 Å². The molecule has 0 saturated carbocycles. The average molecular weight is 354 g/mol. The average Bonchev–Trinajstić information content (AvgIpc) is 2.67. The molecule has 1 atom stereocenters. The number of piperidine rings is 1. The van der Waals surface area contributed by atoms with Gasteiger partial charge in [-0.05, 0) is 45.3 Å². The molecule has 0 aliphatic carbocycles. The van der Waals surface area contributed by atoms with Crippen molar-refractivity contribution in [1.29, 1.82) is 0 Å². The van der Waals surface area contributed by atoms with Gasteiger partial charge in [0.1, 0.15) is 18.2 Å². The lowest BCUT2D eigenvalue weighted by molar-refractivity contribution is 0.256. The van der Waals surface area contributed by atoms with Crippen LogP contribution in [0.4, 0.5) is 5.82 Å². The molecule has 3 heterocycles. The molecule has 4 rings (SSSR count). The molecule has 2 aromatic rings. The highest BCUT2D eigenvalue weighted by Gasteiger charge is 2.24. The fraction of sp³-hybridized carbons (Fsp3) is 0.500. The van der Waals surface area contributed by atoms with Crippen molar-refractivity contribution in [3.05, 3.63) is 41.3 Å². The van der Waals surface area contributed by atoms with E-state index in [-0.39, 0.29) is 6.04 Å². The molecule has 2 aliphatic heterocycles. The summed E-state index contributed by atoms with van der Waals surface area (Å²) < 4.78 is 11.4. The van der Waals surface area contributed by atoms with Crippen molar-refractivity contribution in [3.63, 3.8) is 0 Å². The quantitative estimate of drug-likeness (QED) is 0.880. The Morgan fingerprint density at radius 2 is 2.08 bits per heavy atom. The van der Waals surface area contributed by atoms with Crippen LogP contribution in [-0.2, 0) is 6.42 Å². The Morgan fingerprint density at radius 1 is 1.23 bits per heavy atom. The second-order valence-corrected chi connectivity index (χ2v) is 7.05. The normalized spacial score (nSPS) is 20.2. The van der Waals surface area contributed by atoms with Gasteiger partial charge in [0.15, 0.2) is 11.5 Å². The number of nitrogens with zero attached hydrogens (tertiary/aromatic N) is 2. The molecule has 6 nitrogen and oxygen atoms in total. The monoisotopic (exact) mass is 354 g/mol. The molecule has 1 unspecified atom stereocenters. The maximum Gasteiger partial charge on any atom is 0.164 e. The van der Waals surface area contributed by atoms with E-state index >= 15 is 0 Å². The van der Waals surface area contributed by atoms with Gasteiger partial charge in [0.25, 0.3) is 0 Å². The van der Waals surface area contributed by atoms with E-state index < -0.39 is 0 Å². The third kappa shape index (κ3) is 3.60. The predicted molar refractivity (Wildman–Crippen MR) is 101 cm³/mol. The molecule has 6 heteroatoms. The highest BCUT2D eigenvalue weighted by atomic mass is 16.5. The molecule has 0 spiro atoms. The second kappa shape index (κ2) is 7.50. The van der Waals surface area contributed by atoms with Crippen LogP contribution in [0.5, 0.6) is 11.5 Å². The van der Waals surface area contributed by atoms with E-state index in [2.05, 4.69) is 32.7 Å². The number of aryl methyl sites for hydroxylation is 1. The van der Waals surface area contributed by atoms with Crippen LogP contribution in [0.2, 0.25) is 0 Å². The van der Waals surface area contributed by atoms with E-state index in [0.29, 0.717) is 12.5 Å². The number of anilines is 1. The SMILES string of the molecule is COc1cccc2c1OCC(Nc1cc(C3CCNCC3)nc(C)n1)C2. The Bertz CT molecular complexity index is 774. The van der Waals surface area contributed by atoms with Gasteiger partial charge >= 0.3 is 0 Å². The van der Waals surface area contributed by atoms with Gasteiger partial charge in [0.05, 0.1) is 13.2 Å². The van der Waals surface area contributed by atoms with Crippen LogP contribution in [0.1, 0.15) is 35.8 Å². The molecular formula is C20H26N4O2. The van der Waals surface area contributed by atoms with Gasteiger partial charge in [-0.15, -0.1) is 0 Å². The van der Waals surface area contributed by atoms with Gasteiger partial charge in [-0.3, -0.25) is 0 Å². The van der Waals surface area contributed by atoms with Crippen molar-refractivity contribution in [1.82, 2.24) is 15.3 Å². The van der Waals surface area contributed by atoms with Crippen molar-refractivity contribution in [2.45, 2.75) is 38.1 Å². The number of rotatable bonds is 4. The minimum Gasteiger partial charge on any atom is -0.493 e. The fourth-order valence-corrected chi connectivity index (χ4v) is 3.85. The van der Waals surface area contributed by atoms with E-state index in [4.69, 9.17) is 9.47 Å². The van der Waals surface area contributed by atoms with Crippen LogP contribution in [0.3, 0.4) is 0 Å². The van der Waals surface area contributed by atoms with Gasteiger partial charge in [-0.2, -0.15) is 0 Å². The molecule has 0 radical (unpaired) electrons. The number of nitrogens with one attached hydrogen (secondary N) is 2. The minimum atomic E-state index is 0.185. The van der Waals surface area contributed by atoms with E-state index in [0.717, 1.165) is 66.8 Å². The Balaban J connectivity index is 1.50. The standard InChI is InChI=1S/C20H26N4O2/c1-13-22-17(14-6-8-21-9-7-14)11-19(23-13)24-16-10-15-4-3-5-18(25-2)20(15)26-12-16/h3-5,11,14,16,21H,6-10,12H2,1-2H3,(H,22,23,24). The number of methoxy groups -OCH3 is 1. The molecule has 1 fully saturated rings. The van der Waals surface area contributed by atoms with E-state index in [9.17, 15) is 0 Å². The van der Waals surface area contributed by atoms with Crippen LogP contribution in [0, 0.1) is 6.92 Å². The number of benzene rings is 1. The van der Waals surface area contributed by atoms with E-state index in [1.165, 1.54) is 0 Å². The summed E-state index contributed by atoms with van der Waals surface area (Å²) in [5.74, 6) is 3.90. The molecule has 1 aromatic carbocycles. The first-order valence-corrected chi connectivity index (χ1v) is 9.34. The molecule has 26 heavy (non-hydrogen) atoms. The Labute approximate surface area is 154 Å². The van der Waals surface area contributed by atoms with E-state index in [1.807, 2.05) is 19.1 Å². The Hall–Kier alpha value is -2.34. The number of aromatic nitrogens is 2. The van der Waals surface area contributed by atoms with Gasteiger partial charge in [-0.25, -0.2) is 9.97 Å². The van der Waals surface area contributed by atoms with Crippen molar-refractivity contribution in [3.8, 4) is 11.5 Å². The summed E-state index contributed by atoms with van der Waals surface area (Å²) in [6.45, 7) is 4.68. The first kappa shape index (κ1) is 17.1. The van der Waals surface area contributed by atoms with Gasteiger partial charge in [-0.1, -0.05) is 12.1 Å². The molecule has 1 aromatic heterocycles. The summed E-state index contributed by atoms with van der Waals surface area (Å²) in [6, 6.07) is 8.34. The van der Waals surface area contributed by atoms with Crippen LogP contribution in [0.15, 0.2) is 24.3 Å². The van der Waals surface area contributed by atoms with Crippen LogP contribution in [-0.4, -0.2) is 42.8 Å². The zero-order valence-corrected chi connectivity index (χ0v) is 15.4. The van der Waals surface area contributed by atoms with Crippen LogP contribution < -0.4 is 20.1 Å². The molecule has 1 saturated heterocycles. The summed E-state index contributed by atoms with van der Waals surface area (Å²) >= 11 is 0. The van der Waals surface area contributed by atoms with E-state index in [1.54, 1.807) is 7.11 Å². The van der Waals surface area contributed by atoms with Crippen LogP contribution >= 0.6 is 0 Å². The highest BCUT2D eigenvalue weighted by Crippen LogP contribution is 2.35. The number of fused-ring (bicyclic) bond motifs is 1. The first-order chi connectivity index (χ1) is 12.7. The predicted octanol–water partition coefficient (Wildman–Crippen LogP) is 2.68. The smallest absolute Gasteiger partial charge is 0.164 e. The maximum atomic E-state index is 5.97. The molecule has 0 bridgehead atoms. The summed E-state index contributed by atoms with van der Waals surface area (Å²) in [6.07, 6.45) is 3.16. The summed E-state index contributed by atoms with van der Waals surface area (Å²) in [4.78, 5) is 9.28. The zero-order valence-electron chi connectivity index (χ0n) is 15.4. The largest absolute Gasteiger partial charge is 0.493 e. The lowest BCUT2D eigenvalue weighted by Gasteiger charge is -2.28. The minimum absolute atomic E-state index is 0.185. The van der Waals surface area contributed by atoms with Crippen LogP contribution in [0.25, 0.3) is 0 Å². The summed E-state index contributed by atoms with van der Waals surface area (Å²) in [5.41, 5.74) is 2.32. The van der Waals surface area contributed by atoms with Crippen molar-refractivity contribution in [2.75, 3.05) is 32.1 Å². The number of para-hydroxylation sites is 1. The molecule has 2 N–H and O–H groups in total. The van der Waals surface area contributed by atoms with Crippen molar-refractivity contribution >= 4 is 5.82 Å². The molecule has 2 aliphatic rings. The molecular weight excluding hydrogens is 328 g/mol. The highest BCUT2D eigenvalue weighted by molar-refractivity contribution is 5.49. The van der Waals surface area contributed by atoms with Gasteiger partial charge in [0, 0.05) is 23.2 Å². The Kier molecular flexibility index (Phi) is 4.93. The molecule has 0 amide bonds. The fourth-order valence-electron chi connectivity index (χ4n) is 3.85. The van der Waals surface area contributed by atoms with Gasteiger partial charge in [0.2, 0.25) is 0 Å². The third-order valence-corrected chi connectivity index (χ3v) is 5.14. The second-order valence-electron chi connectivity index (χ2n) is 7.05. The third-order valence-electron chi connectivity index (χ3n) is 5.14. The number of hydrogen-bond acceptors (Lipinski definition) is 6. The van der Waals surface area contributed by atoms with Crippen molar-refractivity contribution < 1.29 is 9.47 Å². The lowest BCUT2D eigenvalue weighted by atomic mass is 9.94. The molecule has 138 valence electrons. The zero-order chi connectivity index (χ0) is 17.9. The summed E-state index contributed by atoms with van der Waals surface area (Å²) in [7, 11) is 1.68.